The van der Waals surface area contributed by atoms with Crippen LogP contribution in [0.5, 0.6) is 0 Å². The first-order valence-corrected chi connectivity index (χ1v) is 8.73. The van der Waals surface area contributed by atoms with Crippen molar-refractivity contribution >= 4 is 11.7 Å². The molecule has 1 heterocycles. The van der Waals surface area contributed by atoms with Crippen molar-refractivity contribution in [1.82, 2.24) is 10.2 Å². The van der Waals surface area contributed by atoms with E-state index in [4.69, 9.17) is 4.74 Å². The quantitative estimate of drug-likeness (QED) is 0.895. The Morgan fingerprint density at radius 2 is 1.76 bits per heavy atom. The van der Waals surface area contributed by atoms with Crippen molar-refractivity contribution in [1.29, 1.82) is 0 Å². The third kappa shape index (κ3) is 4.70. The number of carbonyl (C=O) groups excluding carboxylic acids is 1. The van der Waals surface area contributed by atoms with Gasteiger partial charge in [0.25, 0.3) is 0 Å². The number of benzene rings is 2. The fourth-order valence-corrected chi connectivity index (χ4v) is 3.13. The smallest absolute Gasteiger partial charge is 0.411 e. The molecule has 0 atom stereocenters. The average molecular weight is 336 g/mol. The molecular formula is C21H24N2O2. The van der Waals surface area contributed by atoms with Crippen molar-refractivity contribution in [3.05, 3.63) is 77.5 Å². The number of amides is 1. The lowest BCUT2D eigenvalue weighted by atomic mass is 9.97. The lowest BCUT2D eigenvalue weighted by Crippen LogP contribution is -2.36. The average Bonchev–Trinajstić information content (AvgIpc) is 2.65. The normalized spacial score (nSPS) is 15.1. The number of ether oxygens (including phenoxy) is 1. The molecule has 130 valence electrons. The first-order valence-electron chi connectivity index (χ1n) is 8.73. The van der Waals surface area contributed by atoms with Crippen LogP contribution in [-0.4, -0.2) is 30.7 Å². The van der Waals surface area contributed by atoms with Gasteiger partial charge in [-0.3, -0.25) is 10.2 Å². The Labute approximate surface area is 149 Å². The molecule has 3 rings (SSSR count). The molecule has 2 aromatic rings. The SMILES string of the molecule is CCOC(=O)NC1=C(c2ccccc2)CN(Cc2ccccc2)CC1. The number of alkyl carbamates (subject to hydrolysis) is 1. The molecule has 0 unspecified atom stereocenters. The van der Waals surface area contributed by atoms with Crippen LogP contribution in [0.15, 0.2) is 66.4 Å². The van der Waals surface area contributed by atoms with Crippen LogP contribution >= 0.6 is 0 Å². The Morgan fingerprint density at radius 1 is 1.08 bits per heavy atom. The molecule has 0 radical (unpaired) electrons. The summed E-state index contributed by atoms with van der Waals surface area (Å²) in [5, 5.41) is 2.94. The number of hydrogen-bond acceptors (Lipinski definition) is 3. The lowest BCUT2D eigenvalue weighted by molar-refractivity contribution is 0.154. The summed E-state index contributed by atoms with van der Waals surface area (Å²) >= 11 is 0. The van der Waals surface area contributed by atoms with Crippen molar-refractivity contribution < 1.29 is 9.53 Å². The van der Waals surface area contributed by atoms with E-state index >= 15 is 0 Å². The van der Waals surface area contributed by atoms with Crippen LogP contribution < -0.4 is 5.32 Å². The maximum absolute atomic E-state index is 11.9. The molecule has 4 heteroatoms. The molecule has 0 saturated carbocycles. The molecule has 1 N–H and O–H groups in total. The van der Waals surface area contributed by atoms with E-state index in [1.807, 2.05) is 31.2 Å². The summed E-state index contributed by atoms with van der Waals surface area (Å²) in [6.07, 6.45) is 0.429. The summed E-state index contributed by atoms with van der Waals surface area (Å²) < 4.78 is 5.05. The van der Waals surface area contributed by atoms with Gasteiger partial charge in [-0.1, -0.05) is 60.7 Å². The number of hydrogen-bond donors (Lipinski definition) is 1. The summed E-state index contributed by atoms with van der Waals surface area (Å²) in [4.78, 5) is 14.3. The topological polar surface area (TPSA) is 41.6 Å². The molecule has 0 fully saturated rings. The number of carbonyl (C=O) groups is 1. The van der Waals surface area contributed by atoms with Crippen molar-refractivity contribution in [2.24, 2.45) is 0 Å². The van der Waals surface area contributed by atoms with Gasteiger partial charge in [-0.2, -0.15) is 0 Å². The molecule has 0 aromatic heterocycles. The first kappa shape index (κ1) is 17.2. The highest BCUT2D eigenvalue weighted by molar-refractivity contribution is 5.77. The molecule has 25 heavy (non-hydrogen) atoms. The van der Waals surface area contributed by atoms with Crippen LogP contribution in [0.4, 0.5) is 4.79 Å². The Bertz CT molecular complexity index is 726. The van der Waals surface area contributed by atoms with Crippen molar-refractivity contribution in [3.8, 4) is 0 Å². The minimum atomic E-state index is -0.373. The van der Waals surface area contributed by atoms with Gasteiger partial charge < -0.3 is 4.74 Å². The maximum Gasteiger partial charge on any atom is 0.411 e. The number of rotatable bonds is 5. The minimum absolute atomic E-state index is 0.373. The Hall–Kier alpha value is -2.59. The van der Waals surface area contributed by atoms with Gasteiger partial charge in [-0.25, -0.2) is 4.79 Å². The molecule has 1 amide bonds. The highest BCUT2D eigenvalue weighted by Crippen LogP contribution is 2.26. The molecule has 4 nitrogen and oxygen atoms in total. The largest absolute Gasteiger partial charge is 0.450 e. The predicted octanol–water partition coefficient (Wildman–Crippen LogP) is 4.05. The minimum Gasteiger partial charge on any atom is -0.450 e. The molecule has 1 aliphatic heterocycles. The third-order valence-electron chi connectivity index (χ3n) is 4.32. The summed E-state index contributed by atoms with van der Waals surface area (Å²) in [5.74, 6) is 0. The van der Waals surface area contributed by atoms with Crippen LogP contribution in [0, 0.1) is 0 Å². The molecule has 0 spiro atoms. The fraction of sp³-hybridized carbons (Fsp3) is 0.286. The van der Waals surface area contributed by atoms with Crippen LogP contribution in [-0.2, 0) is 11.3 Å². The molecule has 0 bridgehead atoms. The van der Waals surface area contributed by atoms with E-state index in [2.05, 4.69) is 46.6 Å². The van der Waals surface area contributed by atoms with Gasteiger partial charge in [0.1, 0.15) is 0 Å². The van der Waals surface area contributed by atoms with Crippen molar-refractivity contribution in [3.63, 3.8) is 0 Å². The van der Waals surface area contributed by atoms with E-state index in [1.54, 1.807) is 0 Å². The standard InChI is InChI=1S/C21H24N2O2/c1-2-25-21(24)22-20-13-14-23(15-17-9-5-3-6-10-17)16-19(20)18-11-7-4-8-12-18/h3-12H,2,13-16H2,1H3,(H,22,24). The van der Waals surface area contributed by atoms with Crippen molar-refractivity contribution in [2.45, 2.75) is 19.9 Å². The third-order valence-corrected chi connectivity index (χ3v) is 4.32. The predicted molar refractivity (Wildman–Crippen MR) is 99.9 cm³/mol. The molecule has 0 saturated heterocycles. The van der Waals surface area contributed by atoms with Crippen molar-refractivity contribution in [2.75, 3.05) is 19.7 Å². The van der Waals surface area contributed by atoms with E-state index in [9.17, 15) is 4.79 Å². The maximum atomic E-state index is 11.9. The van der Waals surface area contributed by atoms with E-state index < -0.39 is 0 Å². The van der Waals surface area contributed by atoms with E-state index in [-0.39, 0.29) is 6.09 Å². The fourth-order valence-electron chi connectivity index (χ4n) is 3.13. The van der Waals surface area contributed by atoms with Gasteiger partial charge in [-0.05, 0) is 23.6 Å². The monoisotopic (exact) mass is 336 g/mol. The highest BCUT2D eigenvalue weighted by atomic mass is 16.5. The van der Waals surface area contributed by atoms with Gasteiger partial charge in [-0.15, -0.1) is 0 Å². The van der Waals surface area contributed by atoms with Gasteiger partial charge in [0.05, 0.1) is 6.61 Å². The Morgan fingerprint density at radius 3 is 2.44 bits per heavy atom. The van der Waals surface area contributed by atoms with Crippen LogP contribution in [0.25, 0.3) is 5.57 Å². The highest BCUT2D eigenvalue weighted by Gasteiger charge is 2.22. The van der Waals surface area contributed by atoms with Gasteiger partial charge in [0, 0.05) is 31.8 Å². The molecule has 2 aromatic carbocycles. The summed E-state index contributed by atoms with van der Waals surface area (Å²) in [7, 11) is 0. The Balaban J connectivity index is 1.80. The van der Waals surface area contributed by atoms with E-state index in [0.29, 0.717) is 6.61 Å². The van der Waals surface area contributed by atoms with Crippen LogP contribution in [0.3, 0.4) is 0 Å². The summed E-state index contributed by atoms with van der Waals surface area (Å²) in [5.41, 5.74) is 4.58. The zero-order valence-corrected chi connectivity index (χ0v) is 14.6. The van der Waals surface area contributed by atoms with E-state index in [1.165, 1.54) is 5.56 Å². The van der Waals surface area contributed by atoms with Gasteiger partial charge in [0.2, 0.25) is 0 Å². The number of nitrogens with one attached hydrogen (secondary N) is 1. The van der Waals surface area contributed by atoms with Gasteiger partial charge >= 0.3 is 6.09 Å². The second-order valence-corrected chi connectivity index (χ2v) is 6.11. The zero-order chi connectivity index (χ0) is 17.5. The zero-order valence-electron chi connectivity index (χ0n) is 14.6. The van der Waals surface area contributed by atoms with Gasteiger partial charge in [0.15, 0.2) is 0 Å². The molecule has 0 aliphatic carbocycles. The van der Waals surface area contributed by atoms with E-state index in [0.717, 1.165) is 42.9 Å². The summed E-state index contributed by atoms with van der Waals surface area (Å²) in [6, 6.07) is 20.7. The van der Waals surface area contributed by atoms with Crippen LogP contribution in [0.2, 0.25) is 0 Å². The second kappa shape index (κ2) is 8.49. The summed E-state index contributed by atoms with van der Waals surface area (Å²) in [6.45, 7) is 4.81. The molecular weight excluding hydrogens is 312 g/mol. The van der Waals surface area contributed by atoms with Crippen LogP contribution in [0.1, 0.15) is 24.5 Å². The lowest BCUT2D eigenvalue weighted by Gasteiger charge is -2.31. The Kier molecular flexibility index (Phi) is 5.86. The first-order chi connectivity index (χ1) is 12.3. The number of nitrogens with zero attached hydrogens (tertiary/aromatic N) is 1. The second-order valence-electron chi connectivity index (χ2n) is 6.11. The molecule has 1 aliphatic rings.